The zero-order valence-corrected chi connectivity index (χ0v) is 7.68. The van der Waals surface area contributed by atoms with E-state index >= 15 is 0 Å². The van der Waals surface area contributed by atoms with Gasteiger partial charge in [0, 0.05) is 0 Å². The second-order valence-corrected chi connectivity index (χ2v) is 3.44. The zero-order valence-electron chi connectivity index (χ0n) is 7.68. The highest BCUT2D eigenvalue weighted by Gasteiger charge is 2.12. The molecule has 1 aromatic carbocycles. The Labute approximate surface area is 73.4 Å². The molecule has 1 nitrogen and oxygen atoms in total. The van der Waals surface area contributed by atoms with Gasteiger partial charge in [0.25, 0.3) is 0 Å². The van der Waals surface area contributed by atoms with Crippen LogP contribution in [0.1, 0.15) is 23.1 Å². The molecule has 1 heterocycles. The first-order valence-electron chi connectivity index (χ1n) is 4.51. The van der Waals surface area contributed by atoms with E-state index in [1.807, 2.05) is 0 Å². The van der Waals surface area contributed by atoms with Crippen LogP contribution in [-0.2, 0) is 6.42 Å². The van der Waals surface area contributed by atoms with Gasteiger partial charge >= 0.3 is 0 Å². The van der Waals surface area contributed by atoms with Gasteiger partial charge in [0.05, 0.1) is 6.61 Å². The lowest BCUT2D eigenvalue weighted by atomic mass is 9.97. The zero-order chi connectivity index (χ0) is 8.55. The quantitative estimate of drug-likeness (QED) is 0.569. The molecule has 2 rings (SSSR count). The summed E-state index contributed by atoms with van der Waals surface area (Å²) in [6.07, 6.45) is 2.35. The number of aryl methyl sites for hydroxylation is 1. The molecule has 0 aliphatic carbocycles. The van der Waals surface area contributed by atoms with E-state index in [-0.39, 0.29) is 0 Å². The summed E-state index contributed by atoms with van der Waals surface area (Å²) in [5.41, 5.74) is 4.20. The molecule has 1 heteroatoms. The van der Waals surface area contributed by atoms with E-state index < -0.39 is 0 Å². The van der Waals surface area contributed by atoms with Crippen LogP contribution in [0.4, 0.5) is 0 Å². The molecule has 0 spiro atoms. The lowest BCUT2D eigenvalue weighted by Gasteiger charge is -2.19. The van der Waals surface area contributed by atoms with Gasteiger partial charge in [-0.15, -0.1) is 0 Å². The van der Waals surface area contributed by atoms with Gasteiger partial charge in [-0.2, -0.15) is 0 Å². The van der Waals surface area contributed by atoms with Crippen LogP contribution in [0.5, 0.6) is 5.75 Å². The molecule has 0 bridgehead atoms. The fraction of sp³-hybridized carbons (Fsp3) is 0.455. The Morgan fingerprint density at radius 2 is 2.08 bits per heavy atom. The van der Waals surface area contributed by atoms with Crippen LogP contribution < -0.4 is 4.74 Å². The molecule has 0 N–H and O–H groups in total. The summed E-state index contributed by atoms with van der Waals surface area (Å²) >= 11 is 0. The molecule has 12 heavy (non-hydrogen) atoms. The maximum absolute atomic E-state index is 5.56. The largest absolute Gasteiger partial charge is 0.493 e. The van der Waals surface area contributed by atoms with Crippen molar-refractivity contribution in [2.45, 2.75) is 26.7 Å². The number of ether oxygens (including phenoxy) is 1. The average Bonchev–Trinajstić information content (AvgIpc) is 2.12. The molecule has 64 valence electrons. The minimum Gasteiger partial charge on any atom is -0.493 e. The van der Waals surface area contributed by atoms with Gasteiger partial charge < -0.3 is 4.74 Å². The first-order chi connectivity index (χ1) is 5.79. The van der Waals surface area contributed by atoms with Crippen LogP contribution in [0.25, 0.3) is 0 Å². The predicted molar refractivity (Wildman–Crippen MR) is 49.7 cm³/mol. The van der Waals surface area contributed by atoms with Gasteiger partial charge in [0.1, 0.15) is 5.75 Å². The Balaban J connectivity index is 2.54. The highest BCUT2D eigenvalue weighted by molar-refractivity contribution is 5.44. The average molecular weight is 162 g/mol. The second kappa shape index (κ2) is 2.81. The summed E-state index contributed by atoms with van der Waals surface area (Å²) in [6, 6.07) is 4.23. The van der Waals surface area contributed by atoms with Gasteiger partial charge in [-0.25, -0.2) is 0 Å². The van der Waals surface area contributed by atoms with Crippen molar-refractivity contribution in [2.75, 3.05) is 6.61 Å². The van der Waals surface area contributed by atoms with E-state index in [0.29, 0.717) is 0 Å². The highest BCUT2D eigenvalue weighted by Crippen LogP contribution is 2.29. The monoisotopic (exact) mass is 162 g/mol. The third-order valence-electron chi connectivity index (χ3n) is 2.65. The smallest absolute Gasteiger partial charge is 0.122 e. The van der Waals surface area contributed by atoms with Gasteiger partial charge in [-0.1, -0.05) is 6.07 Å². The molecule has 0 unspecified atom stereocenters. The number of hydrogen-bond acceptors (Lipinski definition) is 1. The van der Waals surface area contributed by atoms with Crippen LogP contribution in [0.15, 0.2) is 12.1 Å². The summed E-state index contributed by atoms with van der Waals surface area (Å²) in [7, 11) is 0. The Hall–Kier alpha value is -0.980. The van der Waals surface area contributed by atoms with Crippen molar-refractivity contribution in [2.24, 2.45) is 0 Å². The van der Waals surface area contributed by atoms with E-state index in [4.69, 9.17) is 4.74 Å². The van der Waals surface area contributed by atoms with E-state index in [2.05, 4.69) is 26.0 Å². The van der Waals surface area contributed by atoms with Crippen molar-refractivity contribution >= 4 is 0 Å². The molecule has 0 aromatic heterocycles. The van der Waals surface area contributed by atoms with Gasteiger partial charge in [0.2, 0.25) is 0 Å². The fourth-order valence-electron chi connectivity index (χ4n) is 1.73. The second-order valence-electron chi connectivity index (χ2n) is 3.44. The minimum atomic E-state index is 0.884. The minimum absolute atomic E-state index is 0.884. The van der Waals surface area contributed by atoms with Crippen LogP contribution in [0.2, 0.25) is 0 Å². The molecule has 0 amide bonds. The van der Waals surface area contributed by atoms with Crippen molar-refractivity contribution in [3.05, 3.63) is 28.8 Å². The summed E-state index contributed by atoms with van der Waals surface area (Å²) in [6.45, 7) is 5.22. The predicted octanol–water partition coefficient (Wildman–Crippen LogP) is 2.63. The van der Waals surface area contributed by atoms with E-state index in [0.717, 1.165) is 18.8 Å². The van der Waals surface area contributed by atoms with Crippen molar-refractivity contribution in [3.8, 4) is 5.75 Å². The van der Waals surface area contributed by atoms with Crippen molar-refractivity contribution in [3.63, 3.8) is 0 Å². The van der Waals surface area contributed by atoms with Crippen LogP contribution in [0.3, 0.4) is 0 Å². The van der Waals surface area contributed by atoms with E-state index in [1.165, 1.54) is 23.1 Å². The number of fused-ring (bicyclic) bond motifs is 1. The first-order valence-corrected chi connectivity index (χ1v) is 4.51. The number of rotatable bonds is 0. The Morgan fingerprint density at radius 3 is 2.92 bits per heavy atom. The van der Waals surface area contributed by atoms with Gasteiger partial charge in [-0.05, 0) is 49.4 Å². The SMILES string of the molecule is Cc1ccc2c(c1C)CCCO2. The lowest BCUT2D eigenvalue weighted by Crippen LogP contribution is -2.10. The normalized spacial score (nSPS) is 15.2. The molecule has 0 fully saturated rings. The van der Waals surface area contributed by atoms with Crippen molar-refractivity contribution < 1.29 is 4.74 Å². The summed E-state index contributed by atoms with van der Waals surface area (Å²) in [5, 5.41) is 0. The summed E-state index contributed by atoms with van der Waals surface area (Å²) in [4.78, 5) is 0. The number of benzene rings is 1. The fourth-order valence-corrected chi connectivity index (χ4v) is 1.73. The summed E-state index contributed by atoms with van der Waals surface area (Å²) in [5.74, 6) is 1.10. The highest BCUT2D eigenvalue weighted by atomic mass is 16.5. The van der Waals surface area contributed by atoms with Crippen LogP contribution >= 0.6 is 0 Å². The Kier molecular flexibility index (Phi) is 1.80. The standard InChI is InChI=1S/C11H14O/c1-8-5-6-11-10(9(8)2)4-3-7-12-11/h5-6H,3-4,7H2,1-2H3. The molecule has 1 aliphatic heterocycles. The lowest BCUT2D eigenvalue weighted by molar-refractivity contribution is 0.287. The van der Waals surface area contributed by atoms with E-state index in [1.54, 1.807) is 0 Å². The maximum Gasteiger partial charge on any atom is 0.122 e. The Morgan fingerprint density at radius 1 is 1.25 bits per heavy atom. The number of hydrogen-bond donors (Lipinski definition) is 0. The maximum atomic E-state index is 5.56. The molecule has 0 saturated carbocycles. The van der Waals surface area contributed by atoms with E-state index in [9.17, 15) is 0 Å². The third-order valence-corrected chi connectivity index (χ3v) is 2.65. The molecule has 0 atom stereocenters. The topological polar surface area (TPSA) is 9.23 Å². The molecule has 0 saturated heterocycles. The van der Waals surface area contributed by atoms with Crippen LogP contribution in [-0.4, -0.2) is 6.61 Å². The summed E-state index contributed by atoms with van der Waals surface area (Å²) < 4.78 is 5.56. The molecule has 0 radical (unpaired) electrons. The molecular weight excluding hydrogens is 148 g/mol. The molecule has 1 aliphatic rings. The van der Waals surface area contributed by atoms with Crippen molar-refractivity contribution in [1.29, 1.82) is 0 Å². The third kappa shape index (κ3) is 1.09. The van der Waals surface area contributed by atoms with Crippen molar-refractivity contribution in [1.82, 2.24) is 0 Å². The first kappa shape index (κ1) is 7.66. The van der Waals surface area contributed by atoms with Crippen LogP contribution in [0, 0.1) is 13.8 Å². The molecular formula is C11H14O. The van der Waals surface area contributed by atoms with Gasteiger partial charge in [-0.3, -0.25) is 0 Å². The van der Waals surface area contributed by atoms with Gasteiger partial charge in [0.15, 0.2) is 0 Å². The molecule has 1 aromatic rings. The Bertz CT molecular complexity index is 302.